The standard InChI is InChI=1S/C13H15ClN2O5/c1-4-21-13(18)12(17)15(8(2)3)11-9(14)6-5-7-10(11)16(19)20/h5-8H,4H2,1-3H3. The van der Waals surface area contributed by atoms with Crippen LogP contribution in [0.1, 0.15) is 20.8 Å². The third kappa shape index (κ3) is 3.69. The summed E-state index contributed by atoms with van der Waals surface area (Å²) in [6.45, 7) is 4.82. The van der Waals surface area contributed by atoms with E-state index in [0.717, 1.165) is 4.90 Å². The van der Waals surface area contributed by atoms with Crippen LogP contribution in [-0.2, 0) is 14.3 Å². The quantitative estimate of drug-likeness (QED) is 0.369. The third-order valence-electron chi connectivity index (χ3n) is 2.59. The van der Waals surface area contributed by atoms with Crippen LogP contribution >= 0.6 is 11.6 Å². The molecule has 1 aromatic carbocycles. The summed E-state index contributed by atoms with van der Waals surface area (Å²) in [5.74, 6) is -2.08. The zero-order valence-corrected chi connectivity index (χ0v) is 12.6. The van der Waals surface area contributed by atoms with E-state index in [1.807, 2.05) is 0 Å². The summed E-state index contributed by atoms with van der Waals surface area (Å²) in [6.07, 6.45) is 0. The molecular formula is C13H15ClN2O5. The Hall–Kier alpha value is -2.15. The Labute approximate surface area is 126 Å². The minimum Gasteiger partial charge on any atom is -0.459 e. The van der Waals surface area contributed by atoms with Gasteiger partial charge in [-0.05, 0) is 26.8 Å². The van der Waals surface area contributed by atoms with Crippen molar-refractivity contribution in [3.05, 3.63) is 33.3 Å². The lowest BCUT2D eigenvalue weighted by atomic mass is 10.2. The molecular weight excluding hydrogens is 300 g/mol. The molecule has 114 valence electrons. The fourth-order valence-electron chi connectivity index (χ4n) is 1.78. The van der Waals surface area contributed by atoms with Crippen molar-refractivity contribution in [1.82, 2.24) is 0 Å². The van der Waals surface area contributed by atoms with E-state index in [2.05, 4.69) is 4.74 Å². The van der Waals surface area contributed by atoms with Gasteiger partial charge in [0.1, 0.15) is 5.69 Å². The van der Waals surface area contributed by atoms with Gasteiger partial charge < -0.3 is 4.74 Å². The average Bonchev–Trinajstić information content (AvgIpc) is 2.40. The van der Waals surface area contributed by atoms with Crippen molar-refractivity contribution in [2.45, 2.75) is 26.8 Å². The molecule has 1 amide bonds. The Morgan fingerprint density at radius 3 is 2.52 bits per heavy atom. The van der Waals surface area contributed by atoms with E-state index >= 15 is 0 Å². The molecule has 0 aliphatic heterocycles. The highest BCUT2D eigenvalue weighted by Gasteiger charge is 2.33. The molecule has 0 aliphatic rings. The van der Waals surface area contributed by atoms with Gasteiger partial charge >= 0.3 is 11.9 Å². The first kappa shape index (κ1) is 16.9. The zero-order chi connectivity index (χ0) is 16.2. The Morgan fingerprint density at radius 1 is 1.43 bits per heavy atom. The molecule has 1 rings (SSSR count). The number of hydrogen-bond donors (Lipinski definition) is 0. The maximum Gasteiger partial charge on any atom is 0.397 e. The number of halogens is 1. The van der Waals surface area contributed by atoms with E-state index in [0.29, 0.717) is 0 Å². The number of nitro benzene ring substituents is 1. The van der Waals surface area contributed by atoms with Gasteiger partial charge in [-0.2, -0.15) is 0 Å². The summed E-state index contributed by atoms with van der Waals surface area (Å²) < 4.78 is 4.65. The Kier molecular flexibility index (Phi) is 5.66. The number of anilines is 1. The number of para-hydroxylation sites is 1. The van der Waals surface area contributed by atoms with Gasteiger partial charge in [-0.3, -0.25) is 19.8 Å². The highest BCUT2D eigenvalue weighted by molar-refractivity contribution is 6.41. The number of amides is 1. The second-order valence-electron chi connectivity index (χ2n) is 4.35. The van der Waals surface area contributed by atoms with Gasteiger partial charge in [-0.15, -0.1) is 0 Å². The van der Waals surface area contributed by atoms with Crippen LogP contribution in [-0.4, -0.2) is 29.4 Å². The first-order valence-corrected chi connectivity index (χ1v) is 6.62. The summed E-state index contributed by atoms with van der Waals surface area (Å²) >= 11 is 5.99. The SMILES string of the molecule is CCOC(=O)C(=O)N(c1c(Cl)cccc1[N+](=O)[O-])C(C)C. The van der Waals surface area contributed by atoms with E-state index < -0.39 is 22.8 Å². The molecule has 0 fully saturated rings. The normalized spacial score (nSPS) is 10.3. The molecule has 7 nitrogen and oxygen atoms in total. The average molecular weight is 315 g/mol. The highest BCUT2D eigenvalue weighted by Crippen LogP contribution is 2.36. The van der Waals surface area contributed by atoms with E-state index in [9.17, 15) is 19.7 Å². The number of nitro groups is 1. The largest absolute Gasteiger partial charge is 0.459 e. The first-order chi connectivity index (χ1) is 9.81. The molecule has 0 saturated carbocycles. The second kappa shape index (κ2) is 7.03. The molecule has 0 unspecified atom stereocenters. The monoisotopic (exact) mass is 314 g/mol. The number of carbonyl (C=O) groups excluding carboxylic acids is 2. The number of hydrogen-bond acceptors (Lipinski definition) is 5. The zero-order valence-electron chi connectivity index (χ0n) is 11.8. The van der Waals surface area contributed by atoms with E-state index in [1.165, 1.54) is 18.2 Å². The number of nitrogens with zero attached hydrogens (tertiary/aromatic N) is 2. The van der Waals surface area contributed by atoms with Gasteiger partial charge in [0.2, 0.25) is 0 Å². The Balaban J connectivity index is 3.40. The lowest BCUT2D eigenvalue weighted by Gasteiger charge is -2.26. The van der Waals surface area contributed by atoms with Gasteiger partial charge in [-0.25, -0.2) is 4.79 Å². The van der Waals surface area contributed by atoms with Crippen molar-refractivity contribution in [3.8, 4) is 0 Å². The number of benzene rings is 1. The van der Waals surface area contributed by atoms with Crippen molar-refractivity contribution in [3.63, 3.8) is 0 Å². The molecule has 0 saturated heterocycles. The molecule has 1 aromatic rings. The van der Waals surface area contributed by atoms with Crippen molar-refractivity contribution in [2.75, 3.05) is 11.5 Å². The molecule has 0 atom stereocenters. The minimum absolute atomic E-state index is 0.00977. The van der Waals surface area contributed by atoms with Crippen molar-refractivity contribution >= 4 is 34.9 Å². The molecule has 0 bridgehead atoms. The molecule has 21 heavy (non-hydrogen) atoms. The number of ether oxygens (including phenoxy) is 1. The topological polar surface area (TPSA) is 89.8 Å². The van der Waals surface area contributed by atoms with Crippen LogP contribution in [0.25, 0.3) is 0 Å². The predicted octanol–water partition coefficient (Wildman–Crippen LogP) is 2.55. The molecule has 0 heterocycles. The molecule has 0 aliphatic carbocycles. The maximum atomic E-state index is 12.2. The minimum atomic E-state index is -1.08. The first-order valence-electron chi connectivity index (χ1n) is 6.24. The van der Waals surface area contributed by atoms with Gasteiger partial charge in [0, 0.05) is 12.1 Å². The molecule has 0 N–H and O–H groups in total. The summed E-state index contributed by atoms with van der Waals surface area (Å²) in [5, 5.41) is 11.1. The summed E-state index contributed by atoms with van der Waals surface area (Å²) in [7, 11) is 0. The fraction of sp³-hybridized carbons (Fsp3) is 0.385. The summed E-state index contributed by atoms with van der Waals surface area (Å²) in [6, 6.07) is 3.52. The van der Waals surface area contributed by atoms with E-state index in [1.54, 1.807) is 20.8 Å². The second-order valence-corrected chi connectivity index (χ2v) is 4.76. The predicted molar refractivity (Wildman–Crippen MR) is 77.4 cm³/mol. The molecule has 0 spiro atoms. The maximum absolute atomic E-state index is 12.2. The Bertz CT molecular complexity index is 574. The number of rotatable bonds is 4. The molecule has 8 heteroatoms. The fourth-order valence-corrected chi connectivity index (χ4v) is 2.04. The van der Waals surface area contributed by atoms with Crippen LogP contribution in [0, 0.1) is 10.1 Å². The van der Waals surface area contributed by atoms with E-state index in [4.69, 9.17) is 11.6 Å². The number of esters is 1. The van der Waals surface area contributed by atoms with Gasteiger partial charge in [0.05, 0.1) is 16.6 Å². The Morgan fingerprint density at radius 2 is 2.05 bits per heavy atom. The number of carbonyl (C=O) groups is 2. The summed E-state index contributed by atoms with van der Waals surface area (Å²) in [5.41, 5.74) is -0.467. The van der Waals surface area contributed by atoms with E-state index in [-0.39, 0.29) is 23.0 Å². The smallest absolute Gasteiger partial charge is 0.397 e. The highest BCUT2D eigenvalue weighted by atomic mass is 35.5. The lowest BCUT2D eigenvalue weighted by molar-refractivity contribution is -0.384. The summed E-state index contributed by atoms with van der Waals surface area (Å²) in [4.78, 5) is 35.2. The molecule has 0 aromatic heterocycles. The van der Waals surface area contributed by atoms with Gasteiger partial charge in [-0.1, -0.05) is 17.7 Å². The van der Waals surface area contributed by atoms with Crippen LogP contribution in [0.15, 0.2) is 18.2 Å². The van der Waals surface area contributed by atoms with Crippen molar-refractivity contribution < 1.29 is 19.2 Å². The third-order valence-corrected chi connectivity index (χ3v) is 2.89. The van der Waals surface area contributed by atoms with Crippen LogP contribution < -0.4 is 4.90 Å². The lowest BCUT2D eigenvalue weighted by Crippen LogP contribution is -2.42. The van der Waals surface area contributed by atoms with Crippen LogP contribution in [0.5, 0.6) is 0 Å². The van der Waals surface area contributed by atoms with Crippen LogP contribution in [0.2, 0.25) is 5.02 Å². The van der Waals surface area contributed by atoms with Crippen LogP contribution in [0.3, 0.4) is 0 Å². The molecule has 0 radical (unpaired) electrons. The van der Waals surface area contributed by atoms with Gasteiger partial charge in [0.25, 0.3) is 5.69 Å². The van der Waals surface area contributed by atoms with Crippen molar-refractivity contribution in [2.24, 2.45) is 0 Å². The van der Waals surface area contributed by atoms with Gasteiger partial charge in [0.15, 0.2) is 0 Å². The van der Waals surface area contributed by atoms with Crippen LogP contribution in [0.4, 0.5) is 11.4 Å². The van der Waals surface area contributed by atoms with Crippen molar-refractivity contribution in [1.29, 1.82) is 0 Å².